The molecule has 8 heteroatoms. The van der Waals surface area contributed by atoms with Gasteiger partial charge in [-0.1, -0.05) is 72.8 Å². The summed E-state index contributed by atoms with van der Waals surface area (Å²) >= 11 is 0. The molecule has 1 heterocycles. The summed E-state index contributed by atoms with van der Waals surface area (Å²) in [6.07, 6.45) is 5.20. The van der Waals surface area contributed by atoms with Crippen LogP contribution in [0.3, 0.4) is 0 Å². The highest BCUT2D eigenvalue weighted by atomic mass is 16.5. The van der Waals surface area contributed by atoms with E-state index < -0.39 is 18.0 Å². The van der Waals surface area contributed by atoms with Crippen LogP contribution in [0.4, 0.5) is 0 Å². The van der Waals surface area contributed by atoms with E-state index in [1.807, 2.05) is 72.8 Å². The Morgan fingerprint density at radius 2 is 1.76 bits per heavy atom. The predicted octanol–water partition coefficient (Wildman–Crippen LogP) is 2.70. The van der Waals surface area contributed by atoms with Gasteiger partial charge in [-0.15, -0.1) is 0 Å². The number of carbonyl (C=O) groups excluding carboxylic acids is 3. The van der Waals surface area contributed by atoms with Crippen LogP contribution in [-0.2, 0) is 36.9 Å². The Balaban J connectivity index is 1.60. The molecule has 0 saturated carbocycles. The van der Waals surface area contributed by atoms with Gasteiger partial charge in [0.25, 0.3) is 0 Å². The van der Waals surface area contributed by atoms with Gasteiger partial charge in [0.05, 0.1) is 37.8 Å². The molecule has 0 saturated heterocycles. The Bertz CT molecular complexity index is 1010. The Morgan fingerprint density at radius 3 is 2.46 bits per heavy atom. The second-order valence-electron chi connectivity index (χ2n) is 9.17. The minimum absolute atomic E-state index is 0.00828. The molecule has 198 valence electrons. The predicted molar refractivity (Wildman–Crippen MR) is 139 cm³/mol. The SMILES string of the molecule is O=C(C[C@H]1CC=CCCC(=O)OC[C@H](COCc2ccccc2)NC1=O)N[C@H](CO)Cc1ccccc1. The summed E-state index contributed by atoms with van der Waals surface area (Å²) in [4.78, 5) is 38.0. The molecule has 2 aromatic carbocycles. The van der Waals surface area contributed by atoms with Crippen molar-refractivity contribution in [2.45, 2.75) is 50.8 Å². The van der Waals surface area contributed by atoms with Crippen molar-refractivity contribution in [3.05, 3.63) is 83.9 Å². The zero-order chi connectivity index (χ0) is 26.3. The lowest BCUT2D eigenvalue weighted by molar-refractivity contribution is -0.145. The van der Waals surface area contributed by atoms with Crippen molar-refractivity contribution in [1.82, 2.24) is 10.6 Å². The van der Waals surface area contributed by atoms with E-state index in [4.69, 9.17) is 9.47 Å². The fraction of sp³-hybridized carbons (Fsp3) is 0.414. The van der Waals surface area contributed by atoms with Crippen molar-refractivity contribution in [3.63, 3.8) is 0 Å². The molecule has 0 bridgehead atoms. The normalized spacial score (nSPS) is 19.6. The minimum Gasteiger partial charge on any atom is -0.463 e. The highest BCUT2D eigenvalue weighted by Crippen LogP contribution is 2.14. The zero-order valence-electron chi connectivity index (χ0n) is 21.0. The van der Waals surface area contributed by atoms with Gasteiger partial charge in [-0.3, -0.25) is 14.4 Å². The molecule has 3 N–H and O–H groups in total. The standard InChI is InChI=1S/C29H36N2O6/c32-18-25(16-22-10-4-1-5-11-22)30-27(33)17-24-14-8-3-9-15-28(34)37-21-26(31-29(24)35)20-36-19-23-12-6-2-7-13-23/h1-8,10-13,24-26,32H,9,14-21H2,(H,30,33)(H,31,35)/t24-,25+,26+/m1/s1. The van der Waals surface area contributed by atoms with Crippen LogP contribution in [0, 0.1) is 5.92 Å². The number of esters is 1. The van der Waals surface area contributed by atoms with Crippen LogP contribution < -0.4 is 10.6 Å². The number of ether oxygens (including phenoxy) is 2. The molecule has 37 heavy (non-hydrogen) atoms. The van der Waals surface area contributed by atoms with Gasteiger partial charge in [-0.2, -0.15) is 0 Å². The van der Waals surface area contributed by atoms with Crippen LogP contribution in [-0.4, -0.2) is 54.8 Å². The molecule has 1 aliphatic heterocycles. The molecule has 0 spiro atoms. The van der Waals surface area contributed by atoms with Crippen LogP contribution in [0.25, 0.3) is 0 Å². The number of aliphatic hydroxyl groups excluding tert-OH is 1. The fourth-order valence-electron chi connectivity index (χ4n) is 4.04. The summed E-state index contributed by atoms with van der Waals surface area (Å²) in [5, 5.41) is 15.5. The third kappa shape index (κ3) is 10.6. The molecule has 2 aromatic rings. The number of hydrogen-bond acceptors (Lipinski definition) is 6. The van der Waals surface area contributed by atoms with Gasteiger partial charge >= 0.3 is 5.97 Å². The monoisotopic (exact) mass is 508 g/mol. The van der Waals surface area contributed by atoms with E-state index >= 15 is 0 Å². The van der Waals surface area contributed by atoms with Crippen LogP contribution in [0.1, 0.15) is 36.8 Å². The maximum atomic E-state index is 13.2. The number of hydrogen-bond donors (Lipinski definition) is 3. The van der Waals surface area contributed by atoms with Gasteiger partial charge in [-0.05, 0) is 30.4 Å². The summed E-state index contributed by atoms with van der Waals surface area (Å²) < 4.78 is 11.1. The molecule has 0 aliphatic carbocycles. The van der Waals surface area contributed by atoms with E-state index in [-0.39, 0.29) is 50.4 Å². The van der Waals surface area contributed by atoms with Crippen LogP contribution >= 0.6 is 0 Å². The maximum absolute atomic E-state index is 13.2. The zero-order valence-corrected chi connectivity index (χ0v) is 21.0. The van der Waals surface area contributed by atoms with Gasteiger partial charge in [0.15, 0.2) is 0 Å². The van der Waals surface area contributed by atoms with E-state index in [0.29, 0.717) is 25.9 Å². The first-order valence-electron chi connectivity index (χ1n) is 12.7. The van der Waals surface area contributed by atoms with Gasteiger partial charge in [0.2, 0.25) is 11.8 Å². The topological polar surface area (TPSA) is 114 Å². The maximum Gasteiger partial charge on any atom is 0.306 e. The van der Waals surface area contributed by atoms with E-state index in [2.05, 4.69) is 10.6 Å². The Morgan fingerprint density at radius 1 is 1.05 bits per heavy atom. The lowest BCUT2D eigenvalue weighted by Crippen LogP contribution is -2.46. The molecule has 3 rings (SSSR count). The summed E-state index contributed by atoms with van der Waals surface area (Å²) in [6, 6.07) is 18.3. The smallest absolute Gasteiger partial charge is 0.306 e. The first kappa shape index (κ1) is 28.1. The summed E-state index contributed by atoms with van der Waals surface area (Å²) in [5.41, 5.74) is 1.99. The number of benzene rings is 2. The average molecular weight is 509 g/mol. The van der Waals surface area contributed by atoms with Crippen molar-refractivity contribution < 1.29 is 29.0 Å². The van der Waals surface area contributed by atoms with E-state index in [9.17, 15) is 19.5 Å². The lowest BCUT2D eigenvalue weighted by atomic mass is 9.98. The highest BCUT2D eigenvalue weighted by molar-refractivity contribution is 5.86. The van der Waals surface area contributed by atoms with E-state index in [1.54, 1.807) is 0 Å². The number of cyclic esters (lactones) is 1. The van der Waals surface area contributed by atoms with E-state index in [1.165, 1.54) is 0 Å². The fourth-order valence-corrected chi connectivity index (χ4v) is 4.04. The van der Waals surface area contributed by atoms with Crippen molar-refractivity contribution in [3.8, 4) is 0 Å². The molecular formula is C29H36N2O6. The van der Waals surface area contributed by atoms with Crippen molar-refractivity contribution in [2.75, 3.05) is 19.8 Å². The highest BCUT2D eigenvalue weighted by Gasteiger charge is 2.25. The quantitative estimate of drug-likeness (QED) is 0.336. The summed E-state index contributed by atoms with van der Waals surface area (Å²) in [5.74, 6) is -1.57. The largest absolute Gasteiger partial charge is 0.463 e. The van der Waals surface area contributed by atoms with E-state index in [0.717, 1.165) is 11.1 Å². The Labute approximate surface area is 218 Å². The van der Waals surface area contributed by atoms with Crippen molar-refractivity contribution in [1.29, 1.82) is 0 Å². The number of allylic oxidation sites excluding steroid dienone is 2. The third-order valence-corrected chi connectivity index (χ3v) is 6.04. The molecule has 0 fully saturated rings. The minimum atomic E-state index is -0.612. The molecular weight excluding hydrogens is 472 g/mol. The van der Waals surface area contributed by atoms with Crippen LogP contribution in [0.5, 0.6) is 0 Å². The van der Waals surface area contributed by atoms with Crippen molar-refractivity contribution in [2.24, 2.45) is 5.92 Å². The molecule has 0 unspecified atom stereocenters. The second-order valence-corrected chi connectivity index (χ2v) is 9.17. The van der Waals surface area contributed by atoms with Gasteiger partial charge in [-0.25, -0.2) is 0 Å². The second kappa shape index (κ2) is 15.6. The van der Waals surface area contributed by atoms with Gasteiger partial charge in [0.1, 0.15) is 6.61 Å². The van der Waals surface area contributed by atoms with Gasteiger partial charge < -0.3 is 25.2 Å². The molecule has 8 nitrogen and oxygen atoms in total. The van der Waals surface area contributed by atoms with Crippen LogP contribution in [0.15, 0.2) is 72.8 Å². The molecule has 1 aliphatic rings. The first-order valence-corrected chi connectivity index (χ1v) is 12.7. The lowest BCUT2D eigenvalue weighted by Gasteiger charge is -2.23. The van der Waals surface area contributed by atoms with Gasteiger partial charge in [0, 0.05) is 12.8 Å². The molecule has 3 atom stereocenters. The number of amides is 2. The summed E-state index contributed by atoms with van der Waals surface area (Å²) in [6.45, 7) is 0.307. The number of carbonyl (C=O) groups is 3. The number of nitrogens with one attached hydrogen (secondary N) is 2. The first-order chi connectivity index (χ1) is 18.0. The summed E-state index contributed by atoms with van der Waals surface area (Å²) in [7, 11) is 0. The average Bonchev–Trinajstić information content (AvgIpc) is 2.90. The van der Waals surface area contributed by atoms with Crippen molar-refractivity contribution >= 4 is 17.8 Å². The Kier molecular flexibility index (Phi) is 11.8. The number of rotatable bonds is 10. The Hall–Kier alpha value is -3.49. The third-order valence-electron chi connectivity index (χ3n) is 6.04. The number of aliphatic hydroxyl groups is 1. The van der Waals surface area contributed by atoms with Crippen LogP contribution in [0.2, 0.25) is 0 Å². The molecule has 0 aromatic heterocycles. The molecule has 0 radical (unpaired) electrons. The molecule has 2 amide bonds.